The van der Waals surface area contributed by atoms with E-state index in [1.165, 1.54) is 18.9 Å². The van der Waals surface area contributed by atoms with Crippen molar-refractivity contribution in [1.29, 1.82) is 0 Å². The Labute approximate surface area is 130 Å². The van der Waals surface area contributed by atoms with Gasteiger partial charge < -0.3 is 9.64 Å². The lowest BCUT2D eigenvalue weighted by Crippen LogP contribution is -2.22. The van der Waals surface area contributed by atoms with E-state index in [1.807, 2.05) is 22.6 Å². The molecule has 0 aromatic heterocycles. The van der Waals surface area contributed by atoms with Gasteiger partial charge in [0.05, 0.1) is 12.2 Å². The molecule has 2 rings (SSSR count). The number of nitrogens with zero attached hydrogens (tertiary/aromatic N) is 1. The first-order valence-electron chi connectivity index (χ1n) is 6.69. The fourth-order valence-electron chi connectivity index (χ4n) is 2.33. The number of hydrogen-bond acceptors (Lipinski definition) is 2. The van der Waals surface area contributed by atoms with E-state index >= 15 is 0 Å². The molecule has 1 aromatic carbocycles. The van der Waals surface area contributed by atoms with Gasteiger partial charge in [-0.3, -0.25) is 0 Å². The molecule has 0 saturated carbocycles. The van der Waals surface area contributed by atoms with Gasteiger partial charge in [-0.05, 0) is 73.1 Å². The van der Waals surface area contributed by atoms with Crippen molar-refractivity contribution in [2.75, 3.05) is 26.2 Å². The lowest BCUT2D eigenvalue weighted by molar-refractivity contribution is -0.139. The van der Waals surface area contributed by atoms with Crippen molar-refractivity contribution < 1.29 is 17.9 Å². The fraction of sp³-hybridized carbons (Fsp3) is 0.571. The number of hydrogen-bond donors (Lipinski definition) is 0. The molecule has 112 valence electrons. The second kappa shape index (κ2) is 6.98. The molecule has 0 bridgehead atoms. The zero-order valence-electron chi connectivity index (χ0n) is 11.0. The maximum absolute atomic E-state index is 12.9. The first-order chi connectivity index (χ1) is 9.47. The van der Waals surface area contributed by atoms with Gasteiger partial charge in [-0.1, -0.05) is 0 Å². The Morgan fingerprint density at radius 1 is 1.20 bits per heavy atom. The minimum atomic E-state index is -4.37. The van der Waals surface area contributed by atoms with Gasteiger partial charge in [0.25, 0.3) is 0 Å². The maximum Gasteiger partial charge on any atom is 0.419 e. The van der Waals surface area contributed by atoms with Crippen molar-refractivity contribution in [2.24, 2.45) is 0 Å². The molecule has 1 aliphatic rings. The van der Waals surface area contributed by atoms with E-state index in [0.717, 1.165) is 32.1 Å². The minimum Gasteiger partial charge on any atom is -0.493 e. The van der Waals surface area contributed by atoms with Crippen molar-refractivity contribution in [1.82, 2.24) is 4.90 Å². The molecule has 1 fully saturated rings. The van der Waals surface area contributed by atoms with Crippen molar-refractivity contribution in [3.63, 3.8) is 0 Å². The lowest BCUT2D eigenvalue weighted by atomic mass is 10.2. The van der Waals surface area contributed by atoms with Crippen LogP contribution >= 0.6 is 22.6 Å². The Kier molecular flexibility index (Phi) is 5.54. The van der Waals surface area contributed by atoms with Gasteiger partial charge in [-0.15, -0.1) is 0 Å². The number of likely N-dealkylation sites (tertiary alicyclic amines) is 1. The third-order valence-corrected chi connectivity index (χ3v) is 3.99. The summed E-state index contributed by atoms with van der Waals surface area (Å²) >= 11 is 1.87. The number of rotatable bonds is 5. The van der Waals surface area contributed by atoms with Gasteiger partial charge in [0.1, 0.15) is 5.75 Å². The molecule has 2 nitrogen and oxygen atoms in total. The summed E-state index contributed by atoms with van der Waals surface area (Å²) < 4.78 is 44.6. The lowest BCUT2D eigenvalue weighted by Gasteiger charge is -2.16. The summed E-state index contributed by atoms with van der Waals surface area (Å²) in [7, 11) is 0. The van der Waals surface area contributed by atoms with Crippen LogP contribution in [0.3, 0.4) is 0 Å². The van der Waals surface area contributed by atoms with Crippen LogP contribution in [0, 0.1) is 3.57 Å². The van der Waals surface area contributed by atoms with E-state index in [2.05, 4.69) is 4.90 Å². The van der Waals surface area contributed by atoms with Crippen LogP contribution in [0.15, 0.2) is 18.2 Å². The molecular weight excluding hydrogens is 382 g/mol. The van der Waals surface area contributed by atoms with Gasteiger partial charge in [-0.25, -0.2) is 0 Å². The van der Waals surface area contributed by atoms with E-state index in [4.69, 9.17) is 4.74 Å². The zero-order valence-corrected chi connectivity index (χ0v) is 13.2. The highest BCUT2D eigenvalue weighted by molar-refractivity contribution is 14.1. The summed E-state index contributed by atoms with van der Waals surface area (Å²) in [6.45, 7) is 3.40. The molecule has 0 amide bonds. The van der Waals surface area contributed by atoms with Gasteiger partial charge in [0, 0.05) is 10.1 Å². The van der Waals surface area contributed by atoms with Gasteiger partial charge in [0.15, 0.2) is 0 Å². The zero-order chi connectivity index (χ0) is 14.6. The highest BCUT2D eigenvalue weighted by Crippen LogP contribution is 2.37. The van der Waals surface area contributed by atoms with Crippen LogP contribution in [0.4, 0.5) is 13.2 Å². The highest BCUT2D eigenvalue weighted by Gasteiger charge is 2.34. The smallest absolute Gasteiger partial charge is 0.419 e. The average molecular weight is 399 g/mol. The predicted octanol–water partition coefficient (Wildman–Crippen LogP) is 4.17. The topological polar surface area (TPSA) is 12.5 Å². The van der Waals surface area contributed by atoms with Crippen LogP contribution in [0.2, 0.25) is 0 Å². The molecule has 0 radical (unpaired) electrons. The summed E-state index contributed by atoms with van der Waals surface area (Å²) in [4.78, 5) is 2.32. The molecule has 0 aliphatic carbocycles. The summed E-state index contributed by atoms with van der Waals surface area (Å²) in [6.07, 6.45) is -1.18. The fourth-order valence-corrected chi connectivity index (χ4v) is 2.82. The van der Waals surface area contributed by atoms with Crippen molar-refractivity contribution >= 4 is 22.6 Å². The highest BCUT2D eigenvalue weighted by atomic mass is 127. The van der Waals surface area contributed by atoms with Crippen molar-refractivity contribution in [3.05, 3.63) is 27.3 Å². The monoisotopic (exact) mass is 399 g/mol. The molecule has 0 unspecified atom stereocenters. The van der Waals surface area contributed by atoms with E-state index in [-0.39, 0.29) is 5.75 Å². The largest absolute Gasteiger partial charge is 0.493 e. The second-order valence-corrected chi connectivity index (χ2v) is 6.13. The molecular formula is C14H17F3INO. The molecule has 1 aliphatic heterocycles. The molecule has 1 saturated heterocycles. The maximum atomic E-state index is 12.9. The Morgan fingerprint density at radius 2 is 1.90 bits per heavy atom. The Bertz CT molecular complexity index is 445. The van der Waals surface area contributed by atoms with Gasteiger partial charge in [-0.2, -0.15) is 13.2 Å². The van der Waals surface area contributed by atoms with Crippen molar-refractivity contribution in [2.45, 2.75) is 25.4 Å². The van der Waals surface area contributed by atoms with E-state index < -0.39 is 11.7 Å². The van der Waals surface area contributed by atoms with Crippen LogP contribution in [-0.4, -0.2) is 31.1 Å². The molecule has 20 heavy (non-hydrogen) atoms. The molecule has 0 N–H and O–H groups in total. The third kappa shape index (κ3) is 4.51. The quantitative estimate of drug-likeness (QED) is 0.545. The molecule has 1 aromatic rings. The second-order valence-electron chi connectivity index (χ2n) is 4.89. The minimum absolute atomic E-state index is 0.0701. The summed E-state index contributed by atoms with van der Waals surface area (Å²) in [5.41, 5.74) is -0.689. The van der Waals surface area contributed by atoms with Gasteiger partial charge in [0.2, 0.25) is 0 Å². The summed E-state index contributed by atoms with van der Waals surface area (Å²) in [5.74, 6) is -0.0701. The summed E-state index contributed by atoms with van der Waals surface area (Å²) in [6, 6.07) is 4.16. The van der Waals surface area contributed by atoms with E-state index in [9.17, 15) is 13.2 Å². The molecule has 0 spiro atoms. The van der Waals surface area contributed by atoms with Crippen LogP contribution in [0.5, 0.6) is 5.75 Å². The number of ether oxygens (including phenoxy) is 1. The Balaban J connectivity index is 1.88. The third-order valence-electron chi connectivity index (χ3n) is 3.32. The van der Waals surface area contributed by atoms with E-state index in [0.29, 0.717) is 10.2 Å². The van der Waals surface area contributed by atoms with Crippen LogP contribution < -0.4 is 4.74 Å². The van der Waals surface area contributed by atoms with Crippen LogP contribution in [-0.2, 0) is 6.18 Å². The summed E-state index contributed by atoms with van der Waals surface area (Å²) in [5, 5.41) is 0. The molecule has 6 heteroatoms. The number of alkyl halides is 3. The van der Waals surface area contributed by atoms with E-state index in [1.54, 1.807) is 6.07 Å². The first-order valence-corrected chi connectivity index (χ1v) is 7.76. The van der Waals surface area contributed by atoms with Gasteiger partial charge >= 0.3 is 6.18 Å². The van der Waals surface area contributed by atoms with Crippen molar-refractivity contribution in [3.8, 4) is 5.75 Å². The standard InChI is InChI=1S/C14H17F3INO/c15-14(16,17)12-10-11(18)4-5-13(12)20-9-3-8-19-6-1-2-7-19/h4-5,10H,1-3,6-9H2. The Morgan fingerprint density at radius 3 is 2.55 bits per heavy atom. The number of halogens is 4. The Hall–Kier alpha value is -0.500. The predicted molar refractivity (Wildman–Crippen MR) is 79.9 cm³/mol. The SMILES string of the molecule is FC(F)(F)c1cc(I)ccc1OCCCN1CCCC1. The number of benzene rings is 1. The normalized spacial score (nSPS) is 16.6. The molecule has 0 atom stereocenters. The average Bonchev–Trinajstić information content (AvgIpc) is 2.88. The first kappa shape index (κ1) is 15.9. The van der Waals surface area contributed by atoms with Crippen LogP contribution in [0.1, 0.15) is 24.8 Å². The molecule has 1 heterocycles. The van der Waals surface area contributed by atoms with Crippen LogP contribution in [0.25, 0.3) is 0 Å².